The smallest absolute Gasteiger partial charge is 0.262 e. The number of hydrogen-bond donors (Lipinski definition) is 1. The van der Waals surface area contributed by atoms with Gasteiger partial charge in [-0.25, -0.2) is 13.1 Å². The van der Waals surface area contributed by atoms with Crippen LogP contribution in [0.2, 0.25) is 5.02 Å². The number of nitrogens with one attached hydrogen (secondary N) is 1. The number of sulfonamides is 1. The van der Waals surface area contributed by atoms with Crippen LogP contribution in [-0.4, -0.2) is 28.4 Å². The molecule has 0 saturated carbocycles. The van der Waals surface area contributed by atoms with Gasteiger partial charge in [-0.2, -0.15) is 5.10 Å². The van der Waals surface area contributed by atoms with Crippen molar-refractivity contribution < 1.29 is 13.2 Å². The molecular formula is C22H20ClN5O3S. The Morgan fingerprint density at radius 2 is 1.72 bits per heavy atom. The lowest BCUT2D eigenvalue weighted by Gasteiger charge is -2.12. The highest BCUT2D eigenvalue weighted by atomic mass is 35.5. The Kier molecular flexibility index (Phi) is 5.86. The molecule has 0 aliphatic rings. The van der Waals surface area contributed by atoms with Gasteiger partial charge in [0.2, 0.25) is 5.88 Å². The maximum absolute atomic E-state index is 12.7. The summed E-state index contributed by atoms with van der Waals surface area (Å²) in [6.07, 6.45) is 0. The number of halogens is 1. The van der Waals surface area contributed by atoms with Crippen LogP contribution >= 0.6 is 11.6 Å². The minimum absolute atomic E-state index is 0.128. The number of benzene rings is 2. The molecule has 0 aliphatic carbocycles. The SMILES string of the molecule is Cc1cc(C)n(-c2ccc(Oc3ccc(NS(=O)(=O)c4cccc(Cl)c4C)cc3)nn2)n1. The summed E-state index contributed by atoms with van der Waals surface area (Å²) in [5.74, 6) is 1.38. The summed E-state index contributed by atoms with van der Waals surface area (Å²) in [5, 5.41) is 13.0. The summed E-state index contributed by atoms with van der Waals surface area (Å²) in [6.45, 7) is 5.51. The topological polar surface area (TPSA) is 99.0 Å². The number of ether oxygens (including phenoxy) is 1. The molecule has 2 heterocycles. The molecule has 164 valence electrons. The van der Waals surface area contributed by atoms with Crippen molar-refractivity contribution >= 4 is 27.3 Å². The van der Waals surface area contributed by atoms with E-state index in [9.17, 15) is 8.42 Å². The second kappa shape index (κ2) is 8.60. The van der Waals surface area contributed by atoms with E-state index in [2.05, 4.69) is 20.0 Å². The predicted octanol–water partition coefficient (Wildman–Crippen LogP) is 4.83. The van der Waals surface area contributed by atoms with Crippen LogP contribution < -0.4 is 9.46 Å². The molecule has 0 aliphatic heterocycles. The fourth-order valence-electron chi connectivity index (χ4n) is 3.14. The summed E-state index contributed by atoms with van der Waals surface area (Å²) < 4.78 is 35.4. The number of aryl methyl sites for hydroxylation is 2. The molecular weight excluding hydrogens is 450 g/mol. The van der Waals surface area contributed by atoms with Crippen molar-refractivity contribution in [1.29, 1.82) is 0 Å². The molecule has 2 aromatic carbocycles. The van der Waals surface area contributed by atoms with Crippen molar-refractivity contribution in [3.8, 4) is 17.4 Å². The van der Waals surface area contributed by atoms with E-state index in [4.69, 9.17) is 16.3 Å². The van der Waals surface area contributed by atoms with E-state index in [1.165, 1.54) is 6.07 Å². The van der Waals surface area contributed by atoms with Crippen LogP contribution in [0.5, 0.6) is 11.6 Å². The molecule has 0 bridgehead atoms. The summed E-state index contributed by atoms with van der Waals surface area (Å²) >= 11 is 6.05. The van der Waals surface area contributed by atoms with Gasteiger partial charge in [-0.1, -0.05) is 17.7 Å². The molecule has 0 unspecified atom stereocenters. The number of hydrogen-bond acceptors (Lipinski definition) is 6. The first-order valence-corrected chi connectivity index (χ1v) is 11.5. The molecule has 0 fully saturated rings. The minimum atomic E-state index is -3.78. The number of aromatic nitrogens is 4. The van der Waals surface area contributed by atoms with Crippen LogP contribution in [0.3, 0.4) is 0 Å². The third-order valence-electron chi connectivity index (χ3n) is 4.69. The molecule has 32 heavy (non-hydrogen) atoms. The van der Waals surface area contributed by atoms with Crippen molar-refractivity contribution in [2.75, 3.05) is 4.72 Å². The van der Waals surface area contributed by atoms with Gasteiger partial charge in [0.25, 0.3) is 10.0 Å². The maximum atomic E-state index is 12.7. The fourth-order valence-corrected chi connectivity index (χ4v) is 4.70. The lowest BCUT2D eigenvalue weighted by atomic mass is 10.2. The lowest BCUT2D eigenvalue weighted by molar-refractivity contribution is 0.454. The van der Waals surface area contributed by atoms with Gasteiger partial charge < -0.3 is 4.74 Å². The van der Waals surface area contributed by atoms with Crippen LogP contribution in [-0.2, 0) is 10.0 Å². The first-order valence-electron chi connectivity index (χ1n) is 9.66. The van der Waals surface area contributed by atoms with E-state index in [1.807, 2.05) is 19.9 Å². The Morgan fingerprint density at radius 1 is 0.969 bits per heavy atom. The number of nitrogens with zero attached hydrogens (tertiary/aromatic N) is 4. The third kappa shape index (κ3) is 4.58. The average Bonchev–Trinajstić information content (AvgIpc) is 3.09. The zero-order valence-electron chi connectivity index (χ0n) is 17.6. The molecule has 2 aromatic heterocycles. The fraction of sp³-hybridized carbons (Fsp3) is 0.136. The van der Waals surface area contributed by atoms with Gasteiger partial charge in [-0.3, -0.25) is 4.72 Å². The van der Waals surface area contributed by atoms with Gasteiger partial charge in [-0.05, 0) is 74.9 Å². The van der Waals surface area contributed by atoms with Crippen LogP contribution in [0.15, 0.2) is 65.6 Å². The van der Waals surface area contributed by atoms with Gasteiger partial charge in [0.15, 0.2) is 5.82 Å². The molecule has 0 saturated heterocycles. The van der Waals surface area contributed by atoms with Gasteiger partial charge in [0.05, 0.1) is 10.6 Å². The van der Waals surface area contributed by atoms with E-state index in [-0.39, 0.29) is 4.90 Å². The molecule has 8 nitrogen and oxygen atoms in total. The second-order valence-corrected chi connectivity index (χ2v) is 9.22. The quantitative estimate of drug-likeness (QED) is 0.434. The molecule has 0 spiro atoms. The second-order valence-electron chi connectivity index (χ2n) is 7.16. The Bertz CT molecular complexity index is 1370. The van der Waals surface area contributed by atoms with E-state index in [0.717, 1.165) is 11.4 Å². The number of anilines is 1. The van der Waals surface area contributed by atoms with Crippen molar-refractivity contribution in [1.82, 2.24) is 20.0 Å². The van der Waals surface area contributed by atoms with Gasteiger partial charge in [0, 0.05) is 22.5 Å². The van der Waals surface area contributed by atoms with Crippen molar-refractivity contribution in [2.45, 2.75) is 25.7 Å². The lowest BCUT2D eigenvalue weighted by Crippen LogP contribution is -2.14. The molecule has 0 amide bonds. The number of rotatable bonds is 6. The van der Waals surface area contributed by atoms with E-state index in [0.29, 0.717) is 33.7 Å². The average molecular weight is 470 g/mol. The third-order valence-corrected chi connectivity index (χ3v) is 6.62. The van der Waals surface area contributed by atoms with Crippen LogP contribution in [0.1, 0.15) is 17.0 Å². The standard InChI is InChI=1S/C22H20ClN5O3S/c1-14-13-15(2)28(26-14)21-11-12-22(25-24-21)31-18-9-7-17(8-10-18)27-32(29,30)20-6-4-5-19(23)16(20)3/h4-13,27H,1-3H3. The van der Waals surface area contributed by atoms with Crippen molar-refractivity contribution in [3.05, 3.63) is 82.6 Å². The molecule has 0 radical (unpaired) electrons. The van der Waals surface area contributed by atoms with E-state index in [1.54, 1.807) is 60.1 Å². The van der Waals surface area contributed by atoms with E-state index < -0.39 is 10.0 Å². The van der Waals surface area contributed by atoms with Crippen LogP contribution in [0.25, 0.3) is 5.82 Å². The van der Waals surface area contributed by atoms with E-state index >= 15 is 0 Å². The largest absolute Gasteiger partial charge is 0.438 e. The molecule has 4 aromatic rings. The summed E-state index contributed by atoms with van der Waals surface area (Å²) in [6, 6.07) is 16.6. The first kappa shape index (κ1) is 21.8. The summed E-state index contributed by atoms with van der Waals surface area (Å²) in [5.41, 5.74) is 2.73. The summed E-state index contributed by atoms with van der Waals surface area (Å²) in [4.78, 5) is 0.128. The van der Waals surface area contributed by atoms with Crippen molar-refractivity contribution in [2.24, 2.45) is 0 Å². The van der Waals surface area contributed by atoms with Crippen molar-refractivity contribution in [3.63, 3.8) is 0 Å². The predicted molar refractivity (Wildman–Crippen MR) is 122 cm³/mol. The van der Waals surface area contributed by atoms with Gasteiger partial charge >= 0.3 is 0 Å². The highest BCUT2D eigenvalue weighted by Gasteiger charge is 2.18. The monoisotopic (exact) mass is 469 g/mol. The minimum Gasteiger partial charge on any atom is -0.438 e. The van der Waals surface area contributed by atoms with Gasteiger partial charge in [-0.15, -0.1) is 10.2 Å². The Morgan fingerprint density at radius 3 is 2.34 bits per heavy atom. The zero-order chi connectivity index (χ0) is 22.9. The Hall–Kier alpha value is -3.43. The molecule has 1 N–H and O–H groups in total. The highest BCUT2D eigenvalue weighted by Crippen LogP contribution is 2.26. The Labute approximate surface area is 190 Å². The first-order chi connectivity index (χ1) is 15.2. The van der Waals surface area contributed by atoms with Gasteiger partial charge in [0.1, 0.15) is 5.75 Å². The normalized spacial score (nSPS) is 11.4. The maximum Gasteiger partial charge on any atom is 0.262 e. The molecule has 10 heteroatoms. The van der Waals surface area contributed by atoms with Crippen LogP contribution in [0, 0.1) is 20.8 Å². The van der Waals surface area contributed by atoms with Crippen LogP contribution in [0.4, 0.5) is 5.69 Å². The summed E-state index contributed by atoms with van der Waals surface area (Å²) in [7, 11) is -3.78. The zero-order valence-corrected chi connectivity index (χ0v) is 19.1. The highest BCUT2D eigenvalue weighted by molar-refractivity contribution is 7.92. The molecule has 4 rings (SSSR count). The Balaban J connectivity index is 1.46. The molecule has 0 atom stereocenters.